The normalized spacial score (nSPS) is 10.9. The van der Waals surface area contributed by atoms with Crippen molar-refractivity contribution in [3.8, 4) is 11.5 Å². The lowest BCUT2D eigenvalue weighted by molar-refractivity contribution is 0.0950. The molecular formula is C22H21N3O3. The van der Waals surface area contributed by atoms with E-state index in [1.165, 1.54) is 0 Å². The van der Waals surface area contributed by atoms with E-state index in [9.17, 15) is 4.79 Å². The summed E-state index contributed by atoms with van der Waals surface area (Å²) >= 11 is 0. The van der Waals surface area contributed by atoms with Gasteiger partial charge in [-0.15, -0.1) is 0 Å². The van der Waals surface area contributed by atoms with Gasteiger partial charge in [0.15, 0.2) is 0 Å². The number of carbonyl (C=O) groups excluding carboxylic acids is 1. The van der Waals surface area contributed by atoms with Gasteiger partial charge in [0.25, 0.3) is 5.91 Å². The van der Waals surface area contributed by atoms with Crippen molar-refractivity contribution in [1.29, 1.82) is 0 Å². The summed E-state index contributed by atoms with van der Waals surface area (Å²) in [6.07, 6.45) is 2.39. The predicted octanol–water partition coefficient (Wildman–Crippen LogP) is 3.71. The van der Waals surface area contributed by atoms with E-state index in [4.69, 9.17) is 9.47 Å². The molecule has 0 atom stereocenters. The zero-order chi connectivity index (χ0) is 19.5. The number of carbonyl (C=O) groups is 1. The number of rotatable bonds is 6. The predicted molar refractivity (Wildman–Crippen MR) is 109 cm³/mol. The van der Waals surface area contributed by atoms with Crippen molar-refractivity contribution in [1.82, 2.24) is 15.3 Å². The van der Waals surface area contributed by atoms with E-state index in [-0.39, 0.29) is 5.91 Å². The average Bonchev–Trinajstić information content (AvgIpc) is 3.18. The Hall–Kier alpha value is -3.54. The Balaban J connectivity index is 1.49. The first-order chi connectivity index (χ1) is 13.7. The molecule has 2 heterocycles. The van der Waals surface area contributed by atoms with E-state index < -0.39 is 0 Å². The van der Waals surface area contributed by atoms with Gasteiger partial charge in [0, 0.05) is 23.5 Å². The summed E-state index contributed by atoms with van der Waals surface area (Å²) in [5.41, 5.74) is 3.23. The number of fused-ring (bicyclic) bond motifs is 3. The number of hydrogen-bond acceptors (Lipinski definition) is 4. The third-order valence-corrected chi connectivity index (χ3v) is 4.78. The molecule has 0 saturated carbocycles. The molecule has 1 amide bonds. The fourth-order valence-electron chi connectivity index (χ4n) is 3.34. The molecule has 2 aromatic heterocycles. The van der Waals surface area contributed by atoms with Crippen LogP contribution in [0.25, 0.3) is 21.8 Å². The number of ether oxygens (including phenoxy) is 2. The average molecular weight is 375 g/mol. The van der Waals surface area contributed by atoms with Crippen LogP contribution in [0.15, 0.2) is 54.7 Å². The van der Waals surface area contributed by atoms with Gasteiger partial charge in [-0.3, -0.25) is 9.78 Å². The third kappa shape index (κ3) is 3.36. The standard InChI is InChI=1S/C22H21N3O3/c1-27-17-7-8-19(28-2)15(12-17)9-11-24-22(26)18-13-16-6-5-14-4-3-10-23-20(14)21(16)25-18/h3-8,10,12-13,25H,9,11H2,1-2H3,(H,24,26). The number of benzene rings is 2. The van der Waals surface area contributed by atoms with Crippen LogP contribution in [0.5, 0.6) is 11.5 Å². The SMILES string of the molecule is COc1ccc(OC)c(CCNC(=O)c2cc3ccc4cccnc4c3[nH]2)c1. The topological polar surface area (TPSA) is 76.2 Å². The van der Waals surface area contributed by atoms with Crippen molar-refractivity contribution in [2.45, 2.75) is 6.42 Å². The van der Waals surface area contributed by atoms with Gasteiger partial charge in [0.2, 0.25) is 0 Å². The van der Waals surface area contributed by atoms with Gasteiger partial charge < -0.3 is 19.8 Å². The minimum Gasteiger partial charge on any atom is -0.497 e. The highest BCUT2D eigenvalue weighted by atomic mass is 16.5. The van der Waals surface area contributed by atoms with Gasteiger partial charge in [-0.05, 0) is 42.3 Å². The quantitative estimate of drug-likeness (QED) is 0.539. The number of nitrogens with zero attached hydrogens (tertiary/aromatic N) is 1. The molecule has 2 N–H and O–H groups in total. The van der Waals surface area contributed by atoms with E-state index in [2.05, 4.69) is 15.3 Å². The molecule has 0 aliphatic carbocycles. The van der Waals surface area contributed by atoms with Gasteiger partial charge in [0.1, 0.15) is 17.2 Å². The fourth-order valence-corrected chi connectivity index (χ4v) is 3.34. The summed E-state index contributed by atoms with van der Waals surface area (Å²) in [5, 5.41) is 4.96. The molecule has 0 aliphatic heterocycles. The monoisotopic (exact) mass is 375 g/mol. The smallest absolute Gasteiger partial charge is 0.267 e. The van der Waals surface area contributed by atoms with Crippen LogP contribution in [0.4, 0.5) is 0 Å². The molecule has 0 saturated heterocycles. The molecule has 0 fully saturated rings. The van der Waals surface area contributed by atoms with Crippen LogP contribution >= 0.6 is 0 Å². The van der Waals surface area contributed by atoms with E-state index >= 15 is 0 Å². The Bertz CT molecular complexity index is 1150. The van der Waals surface area contributed by atoms with Gasteiger partial charge in [-0.25, -0.2) is 0 Å². The molecule has 142 valence electrons. The minimum atomic E-state index is -0.151. The number of methoxy groups -OCH3 is 2. The van der Waals surface area contributed by atoms with Crippen LogP contribution in [0.1, 0.15) is 16.1 Å². The molecule has 28 heavy (non-hydrogen) atoms. The van der Waals surface area contributed by atoms with E-state index in [0.717, 1.165) is 38.9 Å². The molecule has 4 aromatic rings. The summed E-state index contributed by atoms with van der Waals surface area (Å²) < 4.78 is 10.7. The molecule has 0 bridgehead atoms. The highest BCUT2D eigenvalue weighted by Gasteiger charge is 2.12. The highest BCUT2D eigenvalue weighted by molar-refractivity contribution is 6.07. The number of pyridine rings is 1. The Kier molecular flexibility index (Phi) is 4.85. The molecule has 0 aliphatic rings. The molecule has 6 heteroatoms. The van der Waals surface area contributed by atoms with Crippen molar-refractivity contribution in [2.75, 3.05) is 20.8 Å². The maximum absolute atomic E-state index is 12.6. The first kappa shape index (κ1) is 17.9. The van der Waals surface area contributed by atoms with E-state index in [1.54, 1.807) is 20.4 Å². The van der Waals surface area contributed by atoms with Crippen LogP contribution in [0.2, 0.25) is 0 Å². The van der Waals surface area contributed by atoms with E-state index in [0.29, 0.717) is 18.7 Å². The van der Waals surface area contributed by atoms with Gasteiger partial charge in [-0.2, -0.15) is 0 Å². The molecule has 0 spiro atoms. The summed E-state index contributed by atoms with van der Waals surface area (Å²) in [5.74, 6) is 1.39. The Morgan fingerprint density at radius 3 is 2.75 bits per heavy atom. The first-order valence-corrected chi connectivity index (χ1v) is 9.05. The highest BCUT2D eigenvalue weighted by Crippen LogP contribution is 2.25. The molecular weight excluding hydrogens is 354 g/mol. The number of aromatic amines is 1. The van der Waals surface area contributed by atoms with Crippen LogP contribution in [-0.2, 0) is 6.42 Å². The summed E-state index contributed by atoms with van der Waals surface area (Å²) in [6, 6.07) is 15.4. The first-order valence-electron chi connectivity index (χ1n) is 9.05. The Morgan fingerprint density at radius 2 is 1.93 bits per heavy atom. The molecule has 0 radical (unpaired) electrons. The van der Waals surface area contributed by atoms with Crippen LogP contribution in [0.3, 0.4) is 0 Å². The van der Waals surface area contributed by atoms with Crippen LogP contribution in [0, 0.1) is 0 Å². The molecule has 6 nitrogen and oxygen atoms in total. The summed E-state index contributed by atoms with van der Waals surface area (Å²) in [4.78, 5) is 20.2. The zero-order valence-electron chi connectivity index (χ0n) is 15.8. The summed E-state index contributed by atoms with van der Waals surface area (Å²) in [7, 11) is 3.26. The fraction of sp³-hybridized carbons (Fsp3) is 0.182. The number of nitrogens with one attached hydrogen (secondary N) is 2. The second kappa shape index (κ2) is 7.60. The van der Waals surface area contributed by atoms with Crippen molar-refractivity contribution < 1.29 is 14.3 Å². The molecule has 4 rings (SSSR count). The van der Waals surface area contributed by atoms with Crippen molar-refractivity contribution in [2.24, 2.45) is 0 Å². The number of amides is 1. The Labute approximate surface area is 162 Å². The number of aromatic nitrogens is 2. The van der Waals surface area contributed by atoms with Crippen LogP contribution in [-0.4, -0.2) is 36.6 Å². The van der Waals surface area contributed by atoms with Gasteiger partial charge >= 0.3 is 0 Å². The second-order valence-corrected chi connectivity index (χ2v) is 6.47. The van der Waals surface area contributed by atoms with Crippen molar-refractivity contribution >= 4 is 27.7 Å². The maximum Gasteiger partial charge on any atom is 0.267 e. The molecule has 0 unspecified atom stereocenters. The van der Waals surface area contributed by atoms with Crippen molar-refractivity contribution in [3.63, 3.8) is 0 Å². The maximum atomic E-state index is 12.6. The zero-order valence-corrected chi connectivity index (χ0v) is 15.8. The lowest BCUT2D eigenvalue weighted by Gasteiger charge is -2.11. The lowest BCUT2D eigenvalue weighted by Crippen LogP contribution is -2.26. The number of hydrogen-bond donors (Lipinski definition) is 2. The van der Waals surface area contributed by atoms with Crippen molar-refractivity contribution in [3.05, 3.63) is 66.0 Å². The summed E-state index contributed by atoms with van der Waals surface area (Å²) in [6.45, 7) is 0.483. The lowest BCUT2D eigenvalue weighted by atomic mass is 10.1. The second-order valence-electron chi connectivity index (χ2n) is 6.47. The van der Waals surface area contributed by atoms with E-state index in [1.807, 2.05) is 48.5 Å². The van der Waals surface area contributed by atoms with Crippen LogP contribution < -0.4 is 14.8 Å². The molecule has 2 aromatic carbocycles. The minimum absolute atomic E-state index is 0.151. The Morgan fingerprint density at radius 1 is 1.07 bits per heavy atom. The van der Waals surface area contributed by atoms with Gasteiger partial charge in [-0.1, -0.05) is 18.2 Å². The number of H-pyrrole nitrogens is 1. The third-order valence-electron chi connectivity index (χ3n) is 4.78. The van der Waals surface area contributed by atoms with Gasteiger partial charge in [0.05, 0.1) is 25.3 Å². The largest absolute Gasteiger partial charge is 0.497 e.